The number of aromatic nitrogens is 2. The van der Waals surface area contributed by atoms with Gasteiger partial charge in [0.1, 0.15) is 5.82 Å². The molecule has 0 aliphatic rings. The second-order valence-corrected chi connectivity index (χ2v) is 7.04. The summed E-state index contributed by atoms with van der Waals surface area (Å²) in [6, 6.07) is 4.47. The van der Waals surface area contributed by atoms with Crippen LogP contribution in [0.4, 0.5) is 16.2 Å². The molecule has 0 fully saturated rings. The molecule has 7 nitrogen and oxygen atoms in total. The van der Waals surface area contributed by atoms with Gasteiger partial charge in [0.15, 0.2) is 5.82 Å². The van der Waals surface area contributed by atoms with Gasteiger partial charge in [0.05, 0.1) is 19.1 Å². The third kappa shape index (κ3) is 5.87. The molecule has 158 valence electrons. The Balaban J connectivity index is 2.32. The van der Waals surface area contributed by atoms with E-state index in [1.54, 1.807) is 26.0 Å². The van der Waals surface area contributed by atoms with E-state index in [1.165, 1.54) is 6.07 Å². The highest BCUT2D eigenvalue weighted by molar-refractivity contribution is 5.72. The van der Waals surface area contributed by atoms with E-state index in [9.17, 15) is 14.4 Å². The highest BCUT2D eigenvalue weighted by Crippen LogP contribution is 2.27. The number of carbonyl (C=O) groups is 1. The highest BCUT2D eigenvalue weighted by atomic mass is 19.1. The lowest BCUT2D eigenvalue weighted by Gasteiger charge is -2.26. The number of hydrogen-bond donors (Lipinski definition) is 2. The number of nitrogens with zero attached hydrogens (tertiary/aromatic N) is 3. The first-order chi connectivity index (χ1) is 13.8. The Morgan fingerprint density at radius 2 is 2.07 bits per heavy atom. The number of nitrogens with two attached hydrogens (primary N) is 1. The van der Waals surface area contributed by atoms with E-state index < -0.39 is 11.8 Å². The fraction of sp³-hybridized carbons (Fsp3) is 0.476. The van der Waals surface area contributed by atoms with Crippen molar-refractivity contribution in [1.82, 2.24) is 9.97 Å². The maximum absolute atomic E-state index is 14.7. The largest absolute Gasteiger partial charge is 0.466 e. The lowest BCUT2D eigenvalue weighted by atomic mass is 10.0. The molecule has 0 aliphatic carbocycles. The van der Waals surface area contributed by atoms with E-state index in [2.05, 4.69) is 9.97 Å². The van der Waals surface area contributed by atoms with Gasteiger partial charge in [0.2, 0.25) is 5.95 Å². The van der Waals surface area contributed by atoms with Gasteiger partial charge in [-0.2, -0.15) is 4.98 Å². The van der Waals surface area contributed by atoms with Crippen LogP contribution in [0.15, 0.2) is 18.2 Å². The van der Waals surface area contributed by atoms with Crippen molar-refractivity contribution in [1.29, 1.82) is 0 Å². The van der Waals surface area contributed by atoms with Gasteiger partial charge in [0, 0.05) is 17.7 Å². The van der Waals surface area contributed by atoms with Crippen molar-refractivity contribution in [2.24, 2.45) is 0 Å². The van der Waals surface area contributed by atoms with Crippen molar-refractivity contribution >= 4 is 17.7 Å². The molecule has 2 aromatic rings. The Morgan fingerprint density at radius 3 is 2.69 bits per heavy atom. The zero-order valence-electron chi connectivity index (χ0n) is 17.4. The second kappa shape index (κ2) is 10.2. The lowest BCUT2D eigenvalue weighted by Crippen LogP contribution is -2.31. The number of nitrogen functional groups attached to an aromatic ring is 1. The van der Waals surface area contributed by atoms with Gasteiger partial charge in [0.25, 0.3) is 0 Å². The predicted molar refractivity (Wildman–Crippen MR) is 109 cm³/mol. The van der Waals surface area contributed by atoms with Crippen LogP contribution in [0.2, 0.25) is 0 Å². The molecule has 0 radical (unpaired) electrons. The topological polar surface area (TPSA) is 102 Å². The quantitative estimate of drug-likeness (QED) is 0.486. The Morgan fingerprint density at radius 1 is 1.34 bits per heavy atom. The van der Waals surface area contributed by atoms with Crippen molar-refractivity contribution in [2.45, 2.75) is 59.4 Å². The summed E-state index contributed by atoms with van der Waals surface area (Å²) in [5, 5.41) is 11.7. The summed E-state index contributed by atoms with van der Waals surface area (Å²) in [6.07, 6.45) is 1.85. The maximum atomic E-state index is 14.7. The van der Waals surface area contributed by atoms with Crippen LogP contribution in [0, 0.1) is 12.7 Å². The molecular weight excluding hydrogens is 375 g/mol. The number of aryl methyl sites for hydroxylation is 1. The zero-order chi connectivity index (χ0) is 21.6. The van der Waals surface area contributed by atoms with Gasteiger partial charge >= 0.3 is 5.97 Å². The minimum atomic E-state index is -0.444. The number of hydroxylamine groups is 1. The SMILES string of the molecule is CCCC(C)N(O)c1nc(N)nc(C)c1Cc1ccc(CC(=O)OCC)cc1F. The van der Waals surface area contributed by atoms with Crippen LogP contribution in [-0.4, -0.2) is 33.8 Å². The van der Waals surface area contributed by atoms with Crippen molar-refractivity contribution in [3.05, 3.63) is 46.4 Å². The third-order valence-corrected chi connectivity index (χ3v) is 4.69. The molecule has 1 atom stereocenters. The summed E-state index contributed by atoms with van der Waals surface area (Å²) < 4.78 is 19.6. The molecule has 8 heteroatoms. The van der Waals surface area contributed by atoms with Crippen LogP contribution >= 0.6 is 0 Å². The summed E-state index contributed by atoms with van der Waals surface area (Å²) in [4.78, 5) is 20.0. The lowest BCUT2D eigenvalue weighted by molar-refractivity contribution is -0.142. The Kier molecular flexibility index (Phi) is 7.90. The number of esters is 1. The van der Waals surface area contributed by atoms with Crippen molar-refractivity contribution in [2.75, 3.05) is 17.4 Å². The predicted octanol–water partition coefficient (Wildman–Crippen LogP) is 3.59. The van der Waals surface area contributed by atoms with E-state index in [-0.39, 0.29) is 37.3 Å². The van der Waals surface area contributed by atoms with Crippen LogP contribution in [0.3, 0.4) is 0 Å². The maximum Gasteiger partial charge on any atom is 0.310 e. The van der Waals surface area contributed by atoms with Crippen LogP contribution in [0.1, 0.15) is 56.0 Å². The molecule has 1 heterocycles. The first kappa shape index (κ1) is 22.5. The highest BCUT2D eigenvalue weighted by Gasteiger charge is 2.21. The number of anilines is 2. The minimum Gasteiger partial charge on any atom is -0.466 e. The number of hydrogen-bond acceptors (Lipinski definition) is 7. The zero-order valence-corrected chi connectivity index (χ0v) is 17.4. The van der Waals surface area contributed by atoms with Crippen LogP contribution in [0.25, 0.3) is 0 Å². The van der Waals surface area contributed by atoms with E-state index in [0.29, 0.717) is 22.4 Å². The smallest absolute Gasteiger partial charge is 0.310 e. The van der Waals surface area contributed by atoms with Gasteiger partial charge in [-0.25, -0.2) is 14.4 Å². The molecule has 0 saturated carbocycles. The number of rotatable bonds is 9. The molecule has 0 spiro atoms. The monoisotopic (exact) mass is 404 g/mol. The van der Waals surface area contributed by atoms with Crippen molar-refractivity contribution < 1.29 is 19.1 Å². The molecule has 0 aliphatic heterocycles. The average molecular weight is 404 g/mol. The number of ether oxygens (including phenoxy) is 1. The molecule has 0 amide bonds. The van der Waals surface area contributed by atoms with Crippen molar-refractivity contribution in [3.8, 4) is 0 Å². The van der Waals surface area contributed by atoms with Crippen LogP contribution in [-0.2, 0) is 22.4 Å². The Hall–Kier alpha value is -2.74. The number of halogens is 1. The number of carbonyl (C=O) groups excluding carboxylic acids is 1. The van der Waals surface area contributed by atoms with Gasteiger partial charge in [-0.1, -0.05) is 25.5 Å². The fourth-order valence-electron chi connectivity index (χ4n) is 3.16. The fourth-order valence-corrected chi connectivity index (χ4v) is 3.16. The molecular formula is C21H29FN4O3. The first-order valence-corrected chi connectivity index (χ1v) is 9.80. The van der Waals surface area contributed by atoms with Gasteiger partial charge in [-0.05, 0) is 44.4 Å². The molecule has 3 N–H and O–H groups in total. The molecule has 1 aromatic carbocycles. The van der Waals surface area contributed by atoms with E-state index in [0.717, 1.165) is 17.9 Å². The summed E-state index contributed by atoms with van der Waals surface area (Å²) in [5.41, 5.74) is 7.90. The molecule has 0 saturated heterocycles. The molecule has 1 unspecified atom stereocenters. The van der Waals surface area contributed by atoms with Gasteiger partial charge in [-0.3, -0.25) is 10.0 Å². The molecule has 29 heavy (non-hydrogen) atoms. The normalized spacial score (nSPS) is 11.9. The third-order valence-electron chi connectivity index (χ3n) is 4.69. The minimum absolute atomic E-state index is 0.0131. The van der Waals surface area contributed by atoms with Crippen LogP contribution < -0.4 is 10.8 Å². The second-order valence-electron chi connectivity index (χ2n) is 7.04. The molecule has 1 aromatic heterocycles. The van der Waals surface area contributed by atoms with E-state index in [4.69, 9.17) is 10.5 Å². The summed E-state index contributed by atoms with van der Waals surface area (Å²) in [7, 11) is 0. The Bertz CT molecular complexity index is 860. The number of benzene rings is 1. The van der Waals surface area contributed by atoms with E-state index in [1.807, 2.05) is 13.8 Å². The molecule has 2 rings (SSSR count). The standard InChI is InChI=1S/C21H29FN4O3/c1-5-7-13(3)26(28)20-17(14(4)24-21(23)25-20)12-16-9-8-15(10-18(16)22)11-19(27)29-6-2/h8-10,13,28H,5-7,11-12H2,1-4H3,(H2,23,24,25). The van der Waals surface area contributed by atoms with Gasteiger partial charge < -0.3 is 10.5 Å². The van der Waals surface area contributed by atoms with Gasteiger partial charge in [-0.15, -0.1) is 0 Å². The molecule has 0 bridgehead atoms. The Labute approximate surface area is 170 Å². The van der Waals surface area contributed by atoms with Crippen LogP contribution in [0.5, 0.6) is 0 Å². The van der Waals surface area contributed by atoms with Crippen molar-refractivity contribution in [3.63, 3.8) is 0 Å². The first-order valence-electron chi connectivity index (χ1n) is 9.80. The average Bonchev–Trinajstić information content (AvgIpc) is 2.65. The van der Waals surface area contributed by atoms with E-state index >= 15 is 0 Å². The summed E-state index contributed by atoms with van der Waals surface area (Å²) >= 11 is 0. The summed E-state index contributed by atoms with van der Waals surface area (Å²) in [6.45, 7) is 7.67. The summed E-state index contributed by atoms with van der Waals surface area (Å²) in [5.74, 6) is -0.508.